The lowest BCUT2D eigenvalue weighted by atomic mass is 10.2. The SMILES string of the molecule is O=C(Cn1nc(C(F)(F)F)c(Cl)c1C1CC1)Nc1nccs1. The highest BCUT2D eigenvalue weighted by atomic mass is 35.5. The maximum Gasteiger partial charge on any atom is 0.436 e. The van der Waals surface area contributed by atoms with Crippen LogP contribution >= 0.6 is 22.9 Å². The van der Waals surface area contributed by atoms with Gasteiger partial charge in [0.1, 0.15) is 6.54 Å². The fourth-order valence-electron chi connectivity index (χ4n) is 2.08. The zero-order valence-electron chi connectivity index (χ0n) is 11.0. The van der Waals surface area contributed by atoms with Crippen molar-refractivity contribution in [3.63, 3.8) is 0 Å². The van der Waals surface area contributed by atoms with Gasteiger partial charge in [-0.2, -0.15) is 18.3 Å². The highest BCUT2D eigenvalue weighted by Gasteiger charge is 2.42. The predicted molar refractivity (Wildman–Crippen MR) is 75.0 cm³/mol. The molecule has 5 nitrogen and oxygen atoms in total. The molecule has 1 saturated carbocycles. The maximum atomic E-state index is 12.9. The lowest BCUT2D eigenvalue weighted by Gasteiger charge is -2.06. The van der Waals surface area contributed by atoms with Gasteiger partial charge in [-0.25, -0.2) is 4.98 Å². The topological polar surface area (TPSA) is 59.8 Å². The minimum absolute atomic E-state index is 0.0660. The molecule has 1 amide bonds. The van der Waals surface area contributed by atoms with Crippen LogP contribution in [-0.2, 0) is 17.5 Å². The summed E-state index contributed by atoms with van der Waals surface area (Å²) in [5.74, 6) is -0.562. The number of nitrogens with zero attached hydrogens (tertiary/aromatic N) is 3. The Hall–Kier alpha value is -1.61. The molecule has 0 unspecified atom stereocenters. The van der Waals surface area contributed by atoms with E-state index in [0.29, 0.717) is 5.13 Å². The highest BCUT2D eigenvalue weighted by molar-refractivity contribution is 7.13. The molecule has 2 heterocycles. The van der Waals surface area contributed by atoms with Crippen molar-refractivity contribution >= 4 is 34.0 Å². The molecule has 10 heteroatoms. The molecule has 0 aliphatic heterocycles. The summed E-state index contributed by atoms with van der Waals surface area (Å²) in [5.41, 5.74) is -0.860. The van der Waals surface area contributed by atoms with Crippen LogP contribution in [0.2, 0.25) is 5.02 Å². The summed E-state index contributed by atoms with van der Waals surface area (Å²) in [6.45, 7) is -0.332. The van der Waals surface area contributed by atoms with Crippen molar-refractivity contribution in [2.45, 2.75) is 31.5 Å². The number of hydrogen-bond donors (Lipinski definition) is 1. The molecule has 2 aromatic heterocycles. The Labute approximate surface area is 132 Å². The Morgan fingerprint density at radius 2 is 2.23 bits per heavy atom. The number of aromatic nitrogens is 3. The van der Waals surface area contributed by atoms with E-state index in [4.69, 9.17) is 11.6 Å². The fourth-order valence-corrected chi connectivity index (χ4v) is 3.02. The highest BCUT2D eigenvalue weighted by Crippen LogP contribution is 2.46. The monoisotopic (exact) mass is 350 g/mol. The third-order valence-corrected chi connectivity index (χ3v) is 4.20. The second-order valence-corrected chi connectivity index (χ2v) is 6.14. The van der Waals surface area contributed by atoms with Gasteiger partial charge in [0.05, 0.1) is 10.7 Å². The van der Waals surface area contributed by atoms with Crippen LogP contribution in [0.5, 0.6) is 0 Å². The second-order valence-electron chi connectivity index (χ2n) is 4.86. The van der Waals surface area contributed by atoms with E-state index in [2.05, 4.69) is 15.4 Å². The molecule has 118 valence electrons. The summed E-state index contributed by atoms with van der Waals surface area (Å²) in [5, 5.41) is 7.66. The van der Waals surface area contributed by atoms with Crippen LogP contribution in [0.3, 0.4) is 0 Å². The first kappa shape index (κ1) is 15.3. The molecule has 2 aromatic rings. The van der Waals surface area contributed by atoms with E-state index in [1.165, 1.54) is 17.5 Å². The van der Waals surface area contributed by atoms with E-state index >= 15 is 0 Å². The molecule has 1 aliphatic rings. The first-order valence-electron chi connectivity index (χ1n) is 6.39. The lowest BCUT2D eigenvalue weighted by Crippen LogP contribution is -2.21. The van der Waals surface area contributed by atoms with E-state index in [-0.39, 0.29) is 18.2 Å². The van der Waals surface area contributed by atoms with Crippen molar-refractivity contribution < 1.29 is 18.0 Å². The first-order valence-corrected chi connectivity index (χ1v) is 7.64. The number of nitrogens with one attached hydrogen (secondary N) is 1. The summed E-state index contributed by atoms with van der Waals surface area (Å²) in [4.78, 5) is 15.8. The van der Waals surface area contributed by atoms with Crippen LogP contribution in [-0.4, -0.2) is 20.7 Å². The summed E-state index contributed by atoms with van der Waals surface area (Å²) in [7, 11) is 0. The van der Waals surface area contributed by atoms with Crippen molar-refractivity contribution in [1.29, 1.82) is 0 Å². The van der Waals surface area contributed by atoms with Gasteiger partial charge in [0.25, 0.3) is 0 Å². The Balaban J connectivity index is 1.85. The van der Waals surface area contributed by atoms with Crippen molar-refractivity contribution in [3.8, 4) is 0 Å². The summed E-state index contributed by atoms with van der Waals surface area (Å²) in [6.07, 6.45) is -1.63. The zero-order valence-corrected chi connectivity index (χ0v) is 12.6. The predicted octanol–water partition coefficient (Wildman–Crippen LogP) is 3.53. The van der Waals surface area contributed by atoms with Gasteiger partial charge in [-0.3, -0.25) is 9.48 Å². The average Bonchev–Trinajstić information content (AvgIpc) is 3.00. The van der Waals surface area contributed by atoms with Gasteiger partial charge in [0.2, 0.25) is 5.91 Å². The summed E-state index contributed by atoms with van der Waals surface area (Å²) in [6, 6.07) is 0. The smallest absolute Gasteiger partial charge is 0.300 e. The van der Waals surface area contributed by atoms with Gasteiger partial charge < -0.3 is 5.32 Å². The first-order chi connectivity index (χ1) is 10.4. The zero-order chi connectivity index (χ0) is 15.9. The van der Waals surface area contributed by atoms with Gasteiger partial charge in [-0.1, -0.05) is 11.6 Å². The molecule has 0 aromatic carbocycles. The third-order valence-electron chi connectivity index (χ3n) is 3.14. The second kappa shape index (κ2) is 5.54. The van der Waals surface area contributed by atoms with E-state index < -0.39 is 22.8 Å². The van der Waals surface area contributed by atoms with E-state index in [1.54, 1.807) is 5.38 Å². The molecule has 0 radical (unpaired) electrons. The van der Waals surface area contributed by atoms with Crippen LogP contribution in [0, 0.1) is 0 Å². The van der Waals surface area contributed by atoms with Crippen molar-refractivity contribution in [2.75, 3.05) is 5.32 Å². The Kier molecular flexibility index (Phi) is 3.85. The van der Waals surface area contributed by atoms with Crippen molar-refractivity contribution in [1.82, 2.24) is 14.8 Å². The van der Waals surface area contributed by atoms with Crippen LogP contribution in [0.15, 0.2) is 11.6 Å². The minimum Gasteiger partial charge on any atom is -0.300 e. The molecule has 0 bridgehead atoms. The number of halogens is 4. The molecular formula is C12H10ClF3N4OS. The number of alkyl halides is 3. The molecule has 1 fully saturated rings. The average molecular weight is 351 g/mol. The number of thiazole rings is 1. The summed E-state index contributed by atoms with van der Waals surface area (Å²) < 4.78 is 39.7. The lowest BCUT2D eigenvalue weighted by molar-refractivity contribution is -0.141. The number of anilines is 1. The summed E-state index contributed by atoms with van der Waals surface area (Å²) >= 11 is 7.05. The molecular weight excluding hydrogens is 341 g/mol. The van der Waals surface area contributed by atoms with Crippen molar-refractivity contribution in [2.24, 2.45) is 0 Å². The fraction of sp³-hybridized carbons (Fsp3) is 0.417. The number of amides is 1. The van der Waals surface area contributed by atoms with Gasteiger partial charge in [0, 0.05) is 17.5 Å². The van der Waals surface area contributed by atoms with Gasteiger partial charge in [0.15, 0.2) is 10.8 Å². The quantitative estimate of drug-likeness (QED) is 0.917. The minimum atomic E-state index is -4.64. The molecule has 0 saturated heterocycles. The molecule has 0 atom stereocenters. The number of carbonyl (C=O) groups excluding carboxylic acids is 1. The Morgan fingerprint density at radius 1 is 1.50 bits per heavy atom. The molecule has 22 heavy (non-hydrogen) atoms. The van der Waals surface area contributed by atoms with Gasteiger partial charge >= 0.3 is 6.18 Å². The number of hydrogen-bond acceptors (Lipinski definition) is 4. The van der Waals surface area contributed by atoms with Crippen molar-refractivity contribution in [3.05, 3.63) is 28.0 Å². The largest absolute Gasteiger partial charge is 0.436 e. The Bertz CT molecular complexity index is 694. The number of rotatable bonds is 4. The molecule has 1 aliphatic carbocycles. The van der Waals surface area contributed by atoms with E-state index in [1.807, 2.05) is 0 Å². The molecule has 0 spiro atoms. The van der Waals surface area contributed by atoms with Gasteiger partial charge in [-0.05, 0) is 12.8 Å². The maximum absolute atomic E-state index is 12.9. The van der Waals surface area contributed by atoms with Gasteiger partial charge in [-0.15, -0.1) is 11.3 Å². The standard InChI is InChI=1S/C12H10ClF3N4OS/c13-8-9(6-1-2-6)20(19-10(8)12(14,15)16)5-7(21)18-11-17-3-4-22-11/h3-4,6H,1-2,5H2,(H,17,18,21). The Morgan fingerprint density at radius 3 is 2.77 bits per heavy atom. The van der Waals surface area contributed by atoms with Crippen LogP contribution < -0.4 is 5.32 Å². The molecule has 1 N–H and O–H groups in total. The van der Waals surface area contributed by atoms with E-state index in [0.717, 1.165) is 17.5 Å². The van der Waals surface area contributed by atoms with E-state index in [9.17, 15) is 18.0 Å². The van der Waals surface area contributed by atoms with Crippen LogP contribution in [0.1, 0.15) is 30.1 Å². The number of carbonyl (C=O) groups is 1. The third kappa shape index (κ3) is 3.09. The molecule has 3 rings (SSSR count). The van der Waals surface area contributed by atoms with Crippen LogP contribution in [0.25, 0.3) is 0 Å². The normalized spacial score (nSPS) is 15.1. The van der Waals surface area contributed by atoms with Crippen LogP contribution in [0.4, 0.5) is 18.3 Å².